The van der Waals surface area contributed by atoms with Crippen LogP contribution in [0.4, 0.5) is 4.39 Å². The van der Waals surface area contributed by atoms with Crippen LogP contribution in [0.5, 0.6) is 0 Å². The van der Waals surface area contributed by atoms with Gasteiger partial charge in [-0.15, -0.1) is 0 Å². The SMILES string of the molecule is O=CO.O=S(=O)(c1ccc(F)cc1)n1cc(C2CCCC2)c2ncccc21. The monoisotopic (exact) mass is 390 g/mol. The summed E-state index contributed by atoms with van der Waals surface area (Å²) in [5.41, 5.74) is 2.31. The molecule has 0 bridgehead atoms. The second-order valence-electron chi connectivity index (χ2n) is 6.30. The number of benzene rings is 1. The summed E-state index contributed by atoms with van der Waals surface area (Å²) < 4.78 is 40.4. The molecule has 1 fully saturated rings. The predicted octanol–water partition coefficient (Wildman–Crippen LogP) is 3.77. The molecule has 1 saturated carbocycles. The van der Waals surface area contributed by atoms with E-state index in [-0.39, 0.29) is 11.4 Å². The topological polar surface area (TPSA) is 89.3 Å². The molecule has 0 radical (unpaired) electrons. The summed E-state index contributed by atoms with van der Waals surface area (Å²) >= 11 is 0. The maximum absolute atomic E-state index is 13.1. The van der Waals surface area contributed by atoms with Crippen molar-refractivity contribution in [1.82, 2.24) is 8.96 Å². The molecule has 142 valence electrons. The number of halogens is 1. The second-order valence-corrected chi connectivity index (χ2v) is 8.11. The fourth-order valence-electron chi connectivity index (χ4n) is 3.51. The Kier molecular flexibility index (Phi) is 5.55. The van der Waals surface area contributed by atoms with E-state index in [0.717, 1.165) is 48.9 Å². The van der Waals surface area contributed by atoms with Crippen LogP contribution in [0.15, 0.2) is 53.7 Å². The molecular weight excluding hydrogens is 371 g/mol. The lowest BCUT2D eigenvalue weighted by atomic mass is 10.00. The molecule has 0 aliphatic heterocycles. The van der Waals surface area contributed by atoms with Gasteiger partial charge in [-0.3, -0.25) is 9.78 Å². The molecule has 0 saturated heterocycles. The number of fused-ring (bicyclic) bond motifs is 1. The van der Waals surface area contributed by atoms with Crippen molar-refractivity contribution in [2.75, 3.05) is 0 Å². The smallest absolute Gasteiger partial charge is 0.290 e. The van der Waals surface area contributed by atoms with Crippen LogP contribution in [0.2, 0.25) is 0 Å². The van der Waals surface area contributed by atoms with Gasteiger partial charge in [0.1, 0.15) is 5.82 Å². The molecule has 1 N–H and O–H groups in total. The zero-order valence-electron chi connectivity index (χ0n) is 14.5. The lowest BCUT2D eigenvalue weighted by Gasteiger charge is -2.07. The third-order valence-electron chi connectivity index (χ3n) is 4.72. The van der Waals surface area contributed by atoms with E-state index in [1.54, 1.807) is 24.5 Å². The molecule has 3 aromatic rings. The molecule has 1 aliphatic carbocycles. The average molecular weight is 390 g/mol. The molecule has 27 heavy (non-hydrogen) atoms. The summed E-state index contributed by atoms with van der Waals surface area (Å²) in [5, 5.41) is 6.89. The maximum Gasteiger partial charge on any atom is 0.290 e. The van der Waals surface area contributed by atoms with E-state index >= 15 is 0 Å². The van der Waals surface area contributed by atoms with E-state index < -0.39 is 15.8 Å². The number of rotatable bonds is 3. The molecule has 2 heterocycles. The van der Waals surface area contributed by atoms with Gasteiger partial charge < -0.3 is 5.11 Å². The number of nitrogens with zero attached hydrogens (tertiary/aromatic N) is 2. The summed E-state index contributed by atoms with van der Waals surface area (Å²) in [4.78, 5) is 12.9. The van der Waals surface area contributed by atoms with Crippen LogP contribution in [-0.4, -0.2) is 29.0 Å². The van der Waals surface area contributed by atoms with E-state index in [4.69, 9.17) is 9.90 Å². The number of carbonyl (C=O) groups is 1. The van der Waals surface area contributed by atoms with E-state index in [2.05, 4.69) is 4.98 Å². The Balaban J connectivity index is 0.000000659. The van der Waals surface area contributed by atoms with Crippen molar-refractivity contribution in [3.8, 4) is 0 Å². The van der Waals surface area contributed by atoms with Crippen molar-refractivity contribution in [2.24, 2.45) is 0 Å². The zero-order chi connectivity index (χ0) is 19.4. The first-order chi connectivity index (χ1) is 13.0. The third kappa shape index (κ3) is 3.71. The third-order valence-corrected chi connectivity index (χ3v) is 6.41. The molecule has 2 aromatic heterocycles. The number of hydrogen-bond donors (Lipinski definition) is 1. The van der Waals surface area contributed by atoms with Crippen LogP contribution in [0.1, 0.15) is 37.2 Å². The highest BCUT2D eigenvalue weighted by atomic mass is 32.2. The summed E-state index contributed by atoms with van der Waals surface area (Å²) in [6.45, 7) is -0.250. The zero-order valence-corrected chi connectivity index (χ0v) is 15.3. The lowest BCUT2D eigenvalue weighted by molar-refractivity contribution is -0.122. The first-order valence-electron chi connectivity index (χ1n) is 8.54. The van der Waals surface area contributed by atoms with E-state index in [1.807, 2.05) is 0 Å². The minimum absolute atomic E-state index is 0.0719. The molecule has 4 rings (SSSR count). The Morgan fingerprint density at radius 2 is 1.78 bits per heavy atom. The highest BCUT2D eigenvalue weighted by Gasteiger charge is 2.26. The van der Waals surface area contributed by atoms with Crippen LogP contribution >= 0.6 is 0 Å². The highest BCUT2D eigenvalue weighted by Crippen LogP contribution is 2.38. The minimum atomic E-state index is -3.78. The molecular formula is C19H19FN2O4S. The average Bonchev–Trinajstić information content (AvgIpc) is 3.30. The molecule has 1 aliphatic rings. The standard InChI is InChI=1S/C18H17FN2O2S.CH2O2/c19-14-7-9-15(10-8-14)24(22,23)21-12-16(13-4-1-2-5-13)18-17(21)6-3-11-20-18;2-1-3/h3,6-13H,1-2,4-5H2;1H,(H,2,3). The Morgan fingerprint density at radius 3 is 2.41 bits per heavy atom. The van der Waals surface area contributed by atoms with Gasteiger partial charge in [0.15, 0.2) is 0 Å². The highest BCUT2D eigenvalue weighted by molar-refractivity contribution is 7.90. The van der Waals surface area contributed by atoms with Crippen molar-refractivity contribution in [2.45, 2.75) is 36.5 Å². The summed E-state index contributed by atoms with van der Waals surface area (Å²) in [7, 11) is -3.78. The van der Waals surface area contributed by atoms with E-state index in [0.29, 0.717) is 11.4 Å². The van der Waals surface area contributed by atoms with Gasteiger partial charge in [0.05, 0.1) is 15.9 Å². The summed E-state index contributed by atoms with van der Waals surface area (Å²) in [6.07, 6.45) is 7.84. The lowest BCUT2D eigenvalue weighted by Crippen LogP contribution is -2.12. The Labute approximate surface area is 156 Å². The van der Waals surface area contributed by atoms with Gasteiger partial charge in [0.25, 0.3) is 16.5 Å². The number of pyridine rings is 1. The first-order valence-corrected chi connectivity index (χ1v) is 9.98. The van der Waals surface area contributed by atoms with Gasteiger partial charge in [0, 0.05) is 18.0 Å². The number of carboxylic acid groups (broad SMARTS) is 1. The van der Waals surface area contributed by atoms with Crippen molar-refractivity contribution in [3.05, 3.63) is 60.2 Å². The molecule has 0 amide bonds. The largest absolute Gasteiger partial charge is 0.483 e. The number of hydrogen-bond acceptors (Lipinski definition) is 4. The predicted molar refractivity (Wildman–Crippen MR) is 98.6 cm³/mol. The normalized spacial score (nSPS) is 14.7. The molecule has 0 unspecified atom stereocenters. The number of aromatic nitrogens is 2. The van der Waals surface area contributed by atoms with Crippen molar-refractivity contribution >= 4 is 27.5 Å². The second kappa shape index (κ2) is 7.87. The summed E-state index contributed by atoms with van der Waals surface area (Å²) in [6, 6.07) is 8.41. The van der Waals surface area contributed by atoms with E-state index in [1.165, 1.54) is 16.1 Å². The minimum Gasteiger partial charge on any atom is -0.483 e. The van der Waals surface area contributed by atoms with Gasteiger partial charge in [-0.2, -0.15) is 0 Å². The van der Waals surface area contributed by atoms with Gasteiger partial charge in [-0.05, 0) is 55.2 Å². The Bertz CT molecular complexity index is 1040. The Morgan fingerprint density at radius 1 is 1.15 bits per heavy atom. The van der Waals surface area contributed by atoms with Crippen LogP contribution in [0, 0.1) is 5.82 Å². The quantitative estimate of drug-likeness (QED) is 0.688. The Hall–Kier alpha value is -2.74. The summed E-state index contributed by atoms with van der Waals surface area (Å²) in [5.74, 6) is -0.105. The maximum atomic E-state index is 13.1. The molecule has 6 nitrogen and oxygen atoms in total. The van der Waals surface area contributed by atoms with Gasteiger partial charge >= 0.3 is 0 Å². The molecule has 0 atom stereocenters. The van der Waals surface area contributed by atoms with Crippen molar-refractivity contribution < 1.29 is 22.7 Å². The molecule has 0 spiro atoms. The fourth-order valence-corrected chi connectivity index (χ4v) is 4.87. The molecule has 8 heteroatoms. The van der Waals surface area contributed by atoms with Gasteiger partial charge in [-0.25, -0.2) is 16.8 Å². The van der Waals surface area contributed by atoms with Crippen molar-refractivity contribution in [3.63, 3.8) is 0 Å². The van der Waals surface area contributed by atoms with Crippen LogP contribution < -0.4 is 0 Å². The van der Waals surface area contributed by atoms with Gasteiger partial charge in [-0.1, -0.05) is 12.8 Å². The van der Waals surface area contributed by atoms with Crippen LogP contribution in [0.3, 0.4) is 0 Å². The molecule has 1 aromatic carbocycles. The van der Waals surface area contributed by atoms with E-state index in [9.17, 15) is 12.8 Å². The van der Waals surface area contributed by atoms with Crippen LogP contribution in [0.25, 0.3) is 11.0 Å². The van der Waals surface area contributed by atoms with Gasteiger partial charge in [0.2, 0.25) is 0 Å². The van der Waals surface area contributed by atoms with Crippen molar-refractivity contribution in [1.29, 1.82) is 0 Å². The fraction of sp³-hybridized carbons (Fsp3) is 0.263. The first kappa shape index (κ1) is 19.0. The van der Waals surface area contributed by atoms with Crippen LogP contribution in [-0.2, 0) is 14.8 Å².